The molecule has 0 saturated heterocycles. The molecule has 3 aromatic rings. The van der Waals surface area contributed by atoms with Crippen LogP contribution in [0.2, 0.25) is 0 Å². The SMILES string of the molecule is CCOc1ncc(-c2ccc(C3CCC(c4c(F)cccc4F)=N3)cc2)cn1. The summed E-state index contributed by atoms with van der Waals surface area (Å²) in [5, 5.41) is 0. The topological polar surface area (TPSA) is 47.4 Å². The third kappa shape index (κ3) is 3.63. The highest BCUT2D eigenvalue weighted by Gasteiger charge is 2.24. The van der Waals surface area contributed by atoms with Crippen molar-refractivity contribution in [1.82, 2.24) is 9.97 Å². The van der Waals surface area contributed by atoms with Gasteiger partial charge in [-0.2, -0.15) is 0 Å². The Hall–Kier alpha value is -3.15. The lowest BCUT2D eigenvalue weighted by molar-refractivity contribution is 0.312. The summed E-state index contributed by atoms with van der Waals surface area (Å²) >= 11 is 0. The molecule has 2 heterocycles. The van der Waals surface area contributed by atoms with Crippen LogP contribution in [0.3, 0.4) is 0 Å². The van der Waals surface area contributed by atoms with E-state index in [4.69, 9.17) is 4.74 Å². The van der Waals surface area contributed by atoms with Crippen LogP contribution in [-0.4, -0.2) is 22.3 Å². The number of hydrogen-bond donors (Lipinski definition) is 0. The third-order valence-electron chi connectivity index (χ3n) is 4.75. The first-order valence-corrected chi connectivity index (χ1v) is 9.22. The molecule has 142 valence electrons. The molecule has 1 unspecified atom stereocenters. The van der Waals surface area contributed by atoms with Crippen LogP contribution >= 0.6 is 0 Å². The lowest BCUT2D eigenvalue weighted by atomic mass is 10.0. The van der Waals surface area contributed by atoms with Crippen LogP contribution in [-0.2, 0) is 0 Å². The molecule has 0 saturated carbocycles. The van der Waals surface area contributed by atoms with Gasteiger partial charge in [0.2, 0.25) is 0 Å². The minimum absolute atomic E-state index is 0.00634. The van der Waals surface area contributed by atoms with Gasteiger partial charge in [0, 0.05) is 23.7 Å². The predicted molar refractivity (Wildman–Crippen MR) is 104 cm³/mol. The zero-order chi connectivity index (χ0) is 19.5. The Bertz CT molecular complexity index is 981. The minimum atomic E-state index is -0.565. The Kier molecular flexibility index (Phi) is 5.10. The van der Waals surface area contributed by atoms with Crippen molar-refractivity contribution in [3.05, 3.63) is 77.6 Å². The van der Waals surface area contributed by atoms with Crippen LogP contribution < -0.4 is 4.74 Å². The van der Waals surface area contributed by atoms with E-state index in [1.54, 1.807) is 12.4 Å². The molecule has 0 spiro atoms. The number of benzene rings is 2. The highest BCUT2D eigenvalue weighted by molar-refractivity contribution is 6.02. The largest absolute Gasteiger partial charge is 0.464 e. The Morgan fingerprint density at radius 2 is 1.64 bits per heavy atom. The quantitative estimate of drug-likeness (QED) is 0.616. The Morgan fingerprint density at radius 1 is 0.964 bits per heavy atom. The molecule has 4 nitrogen and oxygen atoms in total. The maximum Gasteiger partial charge on any atom is 0.316 e. The van der Waals surface area contributed by atoms with E-state index in [1.807, 2.05) is 31.2 Å². The first-order valence-electron chi connectivity index (χ1n) is 9.22. The molecule has 0 N–H and O–H groups in total. The molecule has 0 amide bonds. The molecule has 4 rings (SSSR count). The van der Waals surface area contributed by atoms with Gasteiger partial charge in [0.05, 0.1) is 18.2 Å². The second-order valence-electron chi connectivity index (χ2n) is 6.54. The fraction of sp³-hybridized carbons (Fsp3) is 0.227. The van der Waals surface area contributed by atoms with E-state index in [9.17, 15) is 8.78 Å². The van der Waals surface area contributed by atoms with Crippen LogP contribution in [0, 0.1) is 11.6 Å². The van der Waals surface area contributed by atoms with Crippen molar-refractivity contribution in [1.29, 1.82) is 0 Å². The fourth-order valence-corrected chi connectivity index (χ4v) is 3.36. The van der Waals surface area contributed by atoms with Crippen molar-refractivity contribution in [3.8, 4) is 17.1 Å². The number of halogens is 2. The molecule has 28 heavy (non-hydrogen) atoms. The van der Waals surface area contributed by atoms with Gasteiger partial charge in [0.1, 0.15) is 11.6 Å². The summed E-state index contributed by atoms with van der Waals surface area (Å²) in [6.07, 6.45) is 4.73. The van der Waals surface area contributed by atoms with E-state index in [-0.39, 0.29) is 11.6 Å². The standard InChI is InChI=1S/C22H19F2N3O/c1-2-28-22-25-12-16(13-26-22)14-6-8-15(9-7-14)19-10-11-20(27-19)21-17(23)4-3-5-18(21)24/h3-9,12-13,19H,2,10-11H2,1H3. The van der Waals surface area contributed by atoms with E-state index in [0.717, 1.165) is 23.1 Å². The summed E-state index contributed by atoms with van der Waals surface area (Å²) in [5.41, 5.74) is 3.37. The molecule has 6 heteroatoms. The number of rotatable bonds is 5. The minimum Gasteiger partial charge on any atom is -0.464 e. The zero-order valence-corrected chi connectivity index (χ0v) is 15.4. The van der Waals surface area contributed by atoms with Gasteiger partial charge in [-0.1, -0.05) is 30.3 Å². The molecule has 1 aliphatic rings. The van der Waals surface area contributed by atoms with Crippen LogP contribution in [0.15, 0.2) is 59.9 Å². The summed E-state index contributed by atoms with van der Waals surface area (Å²) in [4.78, 5) is 12.9. The highest BCUT2D eigenvalue weighted by atomic mass is 19.1. The van der Waals surface area contributed by atoms with E-state index in [1.165, 1.54) is 18.2 Å². The number of nitrogens with zero attached hydrogens (tertiary/aromatic N) is 3. The maximum atomic E-state index is 14.0. The summed E-state index contributed by atoms with van der Waals surface area (Å²) in [5.74, 6) is -1.13. The van der Waals surface area contributed by atoms with Crippen LogP contribution in [0.5, 0.6) is 6.01 Å². The van der Waals surface area contributed by atoms with Crippen LogP contribution in [0.25, 0.3) is 11.1 Å². The Balaban J connectivity index is 1.54. The smallest absolute Gasteiger partial charge is 0.316 e. The van der Waals surface area contributed by atoms with Crippen molar-refractivity contribution in [2.24, 2.45) is 4.99 Å². The summed E-state index contributed by atoms with van der Waals surface area (Å²) in [6, 6.07) is 12.1. The van der Waals surface area contributed by atoms with E-state index in [0.29, 0.717) is 24.7 Å². The highest BCUT2D eigenvalue weighted by Crippen LogP contribution is 2.33. The van der Waals surface area contributed by atoms with Crippen molar-refractivity contribution >= 4 is 5.71 Å². The van der Waals surface area contributed by atoms with Gasteiger partial charge in [-0.3, -0.25) is 4.99 Å². The number of hydrogen-bond acceptors (Lipinski definition) is 4. The van der Waals surface area contributed by atoms with Crippen molar-refractivity contribution in [2.45, 2.75) is 25.8 Å². The van der Waals surface area contributed by atoms with Gasteiger partial charge in [-0.05, 0) is 43.0 Å². The summed E-state index contributed by atoms with van der Waals surface area (Å²) in [6.45, 7) is 2.40. The van der Waals surface area contributed by atoms with Gasteiger partial charge < -0.3 is 4.74 Å². The zero-order valence-electron chi connectivity index (χ0n) is 15.4. The molecule has 0 fully saturated rings. The molecule has 1 aromatic heterocycles. The first kappa shape index (κ1) is 18.2. The normalized spacial score (nSPS) is 16.1. The average molecular weight is 379 g/mol. The summed E-state index contributed by atoms with van der Waals surface area (Å²) in [7, 11) is 0. The molecule has 0 radical (unpaired) electrons. The number of aliphatic imine (C=N–C) groups is 1. The molecule has 0 bridgehead atoms. The lowest BCUT2D eigenvalue weighted by Crippen LogP contribution is -2.03. The van der Waals surface area contributed by atoms with Crippen molar-refractivity contribution in [2.75, 3.05) is 6.61 Å². The van der Waals surface area contributed by atoms with Crippen molar-refractivity contribution in [3.63, 3.8) is 0 Å². The summed E-state index contributed by atoms with van der Waals surface area (Å²) < 4.78 is 33.3. The van der Waals surface area contributed by atoms with E-state index >= 15 is 0 Å². The molecule has 1 aliphatic heterocycles. The van der Waals surface area contributed by atoms with Gasteiger partial charge in [-0.15, -0.1) is 0 Å². The van der Waals surface area contributed by atoms with Crippen molar-refractivity contribution < 1.29 is 13.5 Å². The van der Waals surface area contributed by atoms with Gasteiger partial charge in [-0.25, -0.2) is 18.7 Å². The number of aromatic nitrogens is 2. The fourth-order valence-electron chi connectivity index (χ4n) is 3.36. The second kappa shape index (κ2) is 7.84. The van der Waals surface area contributed by atoms with Crippen LogP contribution in [0.1, 0.15) is 36.9 Å². The molecular formula is C22H19F2N3O. The molecule has 2 aromatic carbocycles. The maximum absolute atomic E-state index is 14.0. The predicted octanol–water partition coefficient (Wildman–Crippen LogP) is 5.14. The van der Waals surface area contributed by atoms with Gasteiger partial charge in [0.15, 0.2) is 0 Å². The monoisotopic (exact) mass is 379 g/mol. The third-order valence-corrected chi connectivity index (χ3v) is 4.75. The number of ether oxygens (including phenoxy) is 1. The molecule has 1 atom stereocenters. The lowest BCUT2D eigenvalue weighted by Gasteiger charge is -2.09. The van der Waals surface area contributed by atoms with Gasteiger partial charge in [0.25, 0.3) is 0 Å². The van der Waals surface area contributed by atoms with Gasteiger partial charge >= 0.3 is 6.01 Å². The average Bonchev–Trinajstić information content (AvgIpc) is 3.19. The Morgan fingerprint density at radius 3 is 2.29 bits per heavy atom. The first-order chi connectivity index (χ1) is 13.7. The Labute approximate surface area is 162 Å². The second-order valence-corrected chi connectivity index (χ2v) is 6.54. The molecule has 0 aliphatic carbocycles. The van der Waals surface area contributed by atoms with E-state index in [2.05, 4.69) is 15.0 Å². The molecular weight excluding hydrogens is 360 g/mol. The van der Waals surface area contributed by atoms with Crippen LogP contribution in [0.4, 0.5) is 8.78 Å². The van der Waals surface area contributed by atoms with E-state index < -0.39 is 11.6 Å².